The minimum Gasteiger partial charge on any atom is -0.312 e. The van der Waals surface area contributed by atoms with Gasteiger partial charge in [-0.15, -0.1) is 0 Å². The lowest BCUT2D eigenvalue weighted by atomic mass is 10.0. The second-order valence-electron chi connectivity index (χ2n) is 5.63. The molecule has 0 aliphatic heterocycles. The molecule has 1 aromatic carbocycles. The zero-order valence-electron chi connectivity index (χ0n) is 10.7. The van der Waals surface area contributed by atoms with Crippen LogP contribution in [0, 0.1) is 5.92 Å². The molecule has 0 aromatic heterocycles. The molecule has 1 nitrogen and oxygen atoms in total. The molecule has 16 heavy (non-hydrogen) atoms. The molecule has 1 N–H and O–H groups in total. The van der Waals surface area contributed by atoms with Gasteiger partial charge < -0.3 is 5.32 Å². The Kier molecular flexibility index (Phi) is 3.34. The van der Waals surface area contributed by atoms with Crippen LogP contribution in [0.5, 0.6) is 0 Å². The minimum absolute atomic E-state index is 0.295. The third kappa shape index (κ3) is 2.85. The molecule has 0 amide bonds. The van der Waals surface area contributed by atoms with Gasteiger partial charge >= 0.3 is 0 Å². The van der Waals surface area contributed by atoms with Crippen LogP contribution in [-0.2, 0) is 0 Å². The number of rotatable bonds is 5. The van der Waals surface area contributed by atoms with E-state index in [0.29, 0.717) is 5.54 Å². The second kappa shape index (κ2) is 4.58. The van der Waals surface area contributed by atoms with Gasteiger partial charge in [-0.05, 0) is 50.6 Å². The Bertz CT molecular complexity index is 329. The minimum atomic E-state index is 0.295. The van der Waals surface area contributed by atoms with E-state index >= 15 is 0 Å². The third-order valence-corrected chi connectivity index (χ3v) is 3.88. The molecule has 88 valence electrons. The van der Waals surface area contributed by atoms with E-state index < -0.39 is 0 Å². The summed E-state index contributed by atoms with van der Waals surface area (Å²) in [6.45, 7) is 7.98. The molecule has 1 saturated carbocycles. The van der Waals surface area contributed by atoms with Gasteiger partial charge in [0.15, 0.2) is 0 Å². The first-order chi connectivity index (χ1) is 7.62. The van der Waals surface area contributed by atoms with Crippen molar-refractivity contribution in [1.29, 1.82) is 0 Å². The lowest BCUT2D eigenvalue weighted by molar-refractivity contribution is 0.368. The standard InChI is InChI=1S/C15H23N/c1-4-15(2,3)16-11-13-10-14(13)12-8-6-5-7-9-12/h5-9,13-14,16H,4,10-11H2,1-3H3. The third-order valence-electron chi connectivity index (χ3n) is 3.88. The first-order valence-corrected chi connectivity index (χ1v) is 6.42. The van der Waals surface area contributed by atoms with Crippen molar-refractivity contribution in [3.8, 4) is 0 Å². The molecule has 2 rings (SSSR count). The van der Waals surface area contributed by atoms with E-state index in [2.05, 4.69) is 56.4 Å². The summed E-state index contributed by atoms with van der Waals surface area (Å²) in [7, 11) is 0. The monoisotopic (exact) mass is 217 g/mol. The molecule has 1 aliphatic rings. The fourth-order valence-corrected chi connectivity index (χ4v) is 2.11. The van der Waals surface area contributed by atoms with Crippen LogP contribution in [0.4, 0.5) is 0 Å². The van der Waals surface area contributed by atoms with Crippen LogP contribution in [-0.4, -0.2) is 12.1 Å². The van der Waals surface area contributed by atoms with Crippen LogP contribution in [0.2, 0.25) is 0 Å². The quantitative estimate of drug-likeness (QED) is 0.795. The predicted octanol–water partition coefficient (Wildman–Crippen LogP) is 3.57. The van der Waals surface area contributed by atoms with Crippen molar-refractivity contribution in [3.63, 3.8) is 0 Å². The second-order valence-corrected chi connectivity index (χ2v) is 5.63. The van der Waals surface area contributed by atoms with Crippen LogP contribution in [0.15, 0.2) is 30.3 Å². The van der Waals surface area contributed by atoms with Gasteiger partial charge in [0.25, 0.3) is 0 Å². The van der Waals surface area contributed by atoms with Crippen LogP contribution in [0.3, 0.4) is 0 Å². The number of hydrogen-bond acceptors (Lipinski definition) is 1. The van der Waals surface area contributed by atoms with Gasteiger partial charge in [0.2, 0.25) is 0 Å². The van der Waals surface area contributed by atoms with E-state index in [1.165, 1.54) is 24.9 Å². The highest BCUT2D eigenvalue weighted by molar-refractivity contribution is 5.25. The summed E-state index contributed by atoms with van der Waals surface area (Å²) >= 11 is 0. The van der Waals surface area contributed by atoms with Crippen molar-refractivity contribution >= 4 is 0 Å². The van der Waals surface area contributed by atoms with Gasteiger partial charge in [0.1, 0.15) is 0 Å². The zero-order valence-corrected chi connectivity index (χ0v) is 10.7. The smallest absolute Gasteiger partial charge is 0.0122 e. The summed E-state index contributed by atoms with van der Waals surface area (Å²) in [4.78, 5) is 0. The van der Waals surface area contributed by atoms with Gasteiger partial charge in [-0.25, -0.2) is 0 Å². The largest absolute Gasteiger partial charge is 0.312 e. The van der Waals surface area contributed by atoms with Crippen LogP contribution in [0.1, 0.15) is 45.1 Å². The molecule has 1 aliphatic carbocycles. The Morgan fingerprint density at radius 2 is 1.94 bits per heavy atom. The highest BCUT2D eigenvalue weighted by atomic mass is 15.0. The maximum absolute atomic E-state index is 3.67. The average molecular weight is 217 g/mol. The molecule has 1 heteroatoms. The zero-order chi connectivity index (χ0) is 11.6. The molecule has 0 heterocycles. The maximum atomic E-state index is 3.67. The Hall–Kier alpha value is -0.820. The molecule has 0 spiro atoms. The molecule has 0 radical (unpaired) electrons. The topological polar surface area (TPSA) is 12.0 Å². The summed E-state index contributed by atoms with van der Waals surface area (Å²) in [6.07, 6.45) is 2.55. The van der Waals surface area contributed by atoms with Gasteiger partial charge in [-0.1, -0.05) is 37.3 Å². The highest BCUT2D eigenvalue weighted by Gasteiger charge is 2.38. The summed E-state index contributed by atoms with van der Waals surface area (Å²) in [5.41, 5.74) is 1.81. The lowest BCUT2D eigenvalue weighted by Gasteiger charge is -2.24. The maximum Gasteiger partial charge on any atom is 0.0122 e. The molecule has 1 fully saturated rings. The molecule has 2 atom stereocenters. The summed E-state index contributed by atoms with van der Waals surface area (Å²) in [5, 5.41) is 3.67. The van der Waals surface area contributed by atoms with Gasteiger partial charge in [0, 0.05) is 5.54 Å². The van der Waals surface area contributed by atoms with E-state index in [1.807, 2.05) is 0 Å². The van der Waals surface area contributed by atoms with Crippen molar-refractivity contribution in [1.82, 2.24) is 5.32 Å². The highest BCUT2D eigenvalue weighted by Crippen LogP contribution is 2.46. The fourth-order valence-electron chi connectivity index (χ4n) is 2.11. The number of nitrogens with one attached hydrogen (secondary N) is 1. The first kappa shape index (κ1) is 11.7. The first-order valence-electron chi connectivity index (χ1n) is 6.42. The van der Waals surface area contributed by atoms with Crippen molar-refractivity contribution in [3.05, 3.63) is 35.9 Å². The van der Waals surface area contributed by atoms with E-state index in [-0.39, 0.29) is 0 Å². The van der Waals surface area contributed by atoms with Crippen molar-refractivity contribution in [2.24, 2.45) is 5.92 Å². The van der Waals surface area contributed by atoms with Crippen LogP contribution in [0.25, 0.3) is 0 Å². The van der Waals surface area contributed by atoms with Crippen LogP contribution < -0.4 is 5.32 Å². The summed E-state index contributed by atoms with van der Waals surface area (Å²) in [6, 6.07) is 10.9. The number of benzene rings is 1. The summed E-state index contributed by atoms with van der Waals surface area (Å²) < 4.78 is 0. The Morgan fingerprint density at radius 3 is 2.56 bits per heavy atom. The van der Waals surface area contributed by atoms with E-state index in [4.69, 9.17) is 0 Å². The lowest BCUT2D eigenvalue weighted by Crippen LogP contribution is -2.39. The van der Waals surface area contributed by atoms with Gasteiger partial charge in [-0.2, -0.15) is 0 Å². The molecular weight excluding hydrogens is 194 g/mol. The fraction of sp³-hybridized carbons (Fsp3) is 0.600. The summed E-state index contributed by atoms with van der Waals surface area (Å²) in [5.74, 6) is 1.66. The van der Waals surface area contributed by atoms with E-state index in [0.717, 1.165) is 11.8 Å². The Balaban J connectivity index is 1.80. The Morgan fingerprint density at radius 1 is 1.25 bits per heavy atom. The molecule has 2 unspecified atom stereocenters. The normalized spacial score (nSPS) is 24.4. The molecule has 1 aromatic rings. The van der Waals surface area contributed by atoms with Gasteiger partial charge in [0.05, 0.1) is 0 Å². The SMILES string of the molecule is CCC(C)(C)NCC1CC1c1ccccc1. The van der Waals surface area contributed by atoms with Crippen molar-refractivity contribution in [2.45, 2.75) is 45.1 Å². The predicted molar refractivity (Wildman–Crippen MR) is 69.7 cm³/mol. The average Bonchev–Trinajstić information content (AvgIpc) is 3.07. The molecule has 0 bridgehead atoms. The van der Waals surface area contributed by atoms with Crippen LogP contribution >= 0.6 is 0 Å². The van der Waals surface area contributed by atoms with Crippen molar-refractivity contribution < 1.29 is 0 Å². The van der Waals surface area contributed by atoms with Crippen molar-refractivity contribution in [2.75, 3.05) is 6.54 Å². The van der Waals surface area contributed by atoms with Gasteiger partial charge in [-0.3, -0.25) is 0 Å². The Labute approximate surface area is 99.3 Å². The molecule has 0 saturated heterocycles. The number of hydrogen-bond donors (Lipinski definition) is 1. The molecular formula is C15H23N. The van der Waals surface area contributed by atoms with E-state index in [9.17, 15) is 0 Å². The van der Waals surface area contributed by atoms with E-state index in [1.54, 1.807) is 0 Å².